The summed E-state index contributed by atoms with van der Waals surface area (Å²) in [5.74, 6) is 0.104. The van der Waals surface area contributed by atoms with Crippen molar-refractivity contribution < 1.29 is 8.42 Å². The second-order valence-electron chi connectivity index (χ2n) is 6.16. The Morgan fingerprint density at radius 3 is 2.50 bits per heavy atom. The number of nitrogens with one attached hydrogen (secondary N) is 1. The molecule has 0 spiro atoms. The van der Waals surface area contributed by atoms with Crippen LogP contribution >= 0.6 is 0 Å². The Morgan fingerprint density at radius 1 is 1.20 bits per heavy atom. The molecule has 3 rings (SSSR count). The van der Waals surface area contributed by atoms with Crippen molar-refractivity contribution in [1.82, 2.24) is 5.32 Å². The first-order valence-corrected chi connectivity index (χ1v) is 9.14. The first kappa shape index (κ1) is 14.1. The van der Waals surface area contributed by atoms with Crippen LogP contribution in [0.4, 0.5) is 0 Å². The molecular weight excluding hydrogens is 270 g/mol. The lowest BCUT2D eigenvalue weighted by Crippen LogP contribution is -2.41. The quantitative estimate of drug-likeness (QED) is 0.912. The predicted molar refractivity (Wildman–Crippen MR) is 80.7 cm³/mol. The summed E-state index contributed by atoms with van der Waals surface area (Å²) in [5, 5.41) is 3.16. The van der Waals surface area contributed by atoms with E-state index in [1.54, 1.807) is 0 Å². The van der Waals surface area contributed by atoms with Crippen LogP contribution in [-0.4, -0.2) is 20.2 Å². The molecular formula is C16H23NO2S. The number of hydrogen-bond acceptors (Lipinski definition) is 3. The van der Waals surface area contributed by atoms with Gasteiger partial charge in [-0.15, -0.1) is 0 Å². The van der Waals surface area contributed by atoms with Crippen LogP contribution in [0.15, 0.2) is 17.0 Å². The molecule has 1 aliphatic heterocycles. The van der Waals surface area contributed by atoms with Crippen molar-refractivity contribution in [1.29, 1.82) is 0 Å². The molecule has 0 amide bonds. The number of fused-ring (bicyclic) bond motifs is 2. The minimum absolute atomic E-state index is 0.104. The molecule has 3 nitrogen and oxygen atoms in total. The third-order valence-corrected chi connectivity index (χ3v) is 7.42. The van der Waals surface area contributed by atoms with Crippen molar-refractivity contribution >= 4 is 9.84 Å². The lowest BCUT2D eigenvalue weighted by molar-refractivity contribution is 0.364. The molecule has 1 aromatic rings. The van der Waals surface area contributed by atoms with E-state index in [0.717, 1.165) is 31.4 Å². The Balaban J connectivity index is 2.22. The maximum atomic E-state index is 12.7. The van der Waals surface area contributed by atoms with Crippen molar-refractivity contribution in [2.45, 2.75) is 56.2 Å². The van der Waals surface area contributed by atoms with Gasteiger partial charge in [0.1, 0.15) is 0 Å². The lowest BCUT2D eigenvalue weighted by atomic mass is 9.89. The molecule has 110 valence electrons. The molecule has 0 saturated carbocycles. The molecule has 3 atom stereocenters. The molecule has 4 heteroatoms. The van der Waals surface area contributed by atoms with Gasteiger partial charge in [-0.1, -0.05) is 19.9 Å². The minimum Gasteiger partial charge on any atom is -0.310 e. The van der Waals surface area contributed by atoms with Gasteiger partial charge >= 0.3 is 0 Å². The first-order chi connectivity index (χ1) is 9.46. The molecule has 0 radical (unpaired) electrons. The molecule has 20 heavy (non-hydrogen) atoms. The third kappa shape index (κ3) is 1.92. The van der Waals surface area contributed by atoms with E-state index in [2.05, 4.69) is 18.3 Å². The predicted octanol–water partition coefficient (Wildman–Crippen LogP) is 2.64. The van der Waals surface area contributed by atoms with Crippen molar-refractivity contribution in [3.63, 3.8) is 0 Å². The summed E-state index contributed by atoms with van der Waals surface area (Å²) in [4.78, 5) is 0.578. The SMILES string of the molecule is CCNC1c2cc3c(cc2S(=O)(=O)C(C)C1C)CCC3. The summed E-state index contributed by atoms with van der Waals surface area (Å²) in [6.07, 6.45) is 3.26. The molecule has 0 fully saturated rings. The fourth-order valence-corrected chi connectivity index (χ4v) is 5.61. The second-order valence-corrected chi connectivity index (χ2v) is 8.43. The van der Waals surface area contributed by atoms with E-state index < -0.39 is 9.84 Å². The Kier molecular flexibility index (Phi) is 3.41. The van der Waals surface area contributed by atoms with Gasteiger partial charge in [-0.2, -0.15) is 0 Å². The molecule has 0 bridgehead atoms. The topological polar surface area (TPSA) is 46.2 Å². The second kappa shape index (κ2) is 4.85. The van der Waals surface area contributed by atoms with E-state index in [1.807, 2.05) is 19.9 Å². The maximum absolute atomic E-state index is 12.7. The molecule has 1 N–H and O–H groups in total. The molecule has 1 aliphatic carbocycles. The molecule has 1 aromatic carbocycles. The van der Waals surface area contributed by atoms with E-state index in [9.17, 15) is 8.42 Å². The van der Waals surface area contributed by atoms with Gasteiger partial charge in [-0.25, -0.2) is 8.42 Å². The lowest BCUT2D eigenvalue weighted by Gasteiger charge is -2.36. The average molecular weight is 293 g/mol. The maximum Gasteiger partial charge on any atom is 0.181 e. The summed E-state index contributed by atoms with van der Waals surface area (Å²) >= 11 is 0. The standard InChI is InChI=1S/C16H23NO2S/c1-4-17-16-10(2)11(3)20(18,19)15-9-13-7-5-6-12(13)8-14(15)16/h8-11,16-17H,4-7H2,1-3H3. The summed E-state index contributed by atoms with van der Waals surface area (Å²) in [5.41, 5.74) is 3.59. The van der Waals surface area contributed by atoms with Gasteiger partial charge in [0.2, 0.25) is 0 Å². The van der Waals surface area contributed by atoms with Crippen LogP contribution in [0.25, 0.3) is 0 Å². The third-order valence-electron chi connectivity index (χ3n) is 5.05. The van der Waals surface area contributed by atoms with Crippen LogP contribution in [0, 0.1) is 5.92 Å². The Hall–Kier alpha value is -0.870. The zero-order valence-corrected chi connectivity index (χ0v) is 13.3. The van der Waals surface area contributed by atoms with Gasteiger partial charge in [-0.05, 0) is 61.4 Å². The fraction of sp³-hybridized carbons (Fsp3) is 0.625. The van der Waals surface area contributed by atoms with E-state index >= 15 is 0 Å². The smallest absolute Gasteiger partial charge is 0.181 e. The van der Waals surface area contributed by atoms with Crippen molar-refractivity contribution in [3.8, 4) is 0 Å². The molecule has 3 unspecified atom stereocenters. The van der Waals surface area contributed by atoms with E-state index in [1.165, 1.54) is 11.1 Å². The largest absolute Gasteiger partial charge is 0.310 e. The highest BCUT2D eigenvalue weighted by molar-refractivity contribution is 7.92. The van der Waals surface area contributed by atoms with Crippen LogP contribution in [0.3, 0.4) is 0 Å². The van der Waals surface area contributed by atoms with Crippen LogP contribution < -0.4 is 5.32 Å². The zero-order chi connectivity index (χ0) is 14.5. The van der Waals surface area contributed by atoms with Crippen LogP contribution in [0.2, 0.25) is 0 Å². The van der Waals surface area contributed by atoms with Crippen molar-refractivity contribution in [3.05, 3.63) is 28.8 Å². The van der Waals surface area contributed by atoms with Crippen LogP contribution in [-0.2, 0) is 22.7 Å². The van der Waals surface area contributed by atoms with E-state index in [-0.39, 0.29) is 17.2 Å². The van der Waals surface area contributed by atoms with Gasteiger partial charge < -0.3 is 5.32 Å². The van der Waals surface area contributed by atoms with E-state index in [0.29, 0.717) is 4.90 Å². The van der Waals surface area contributed by atoms with Gasteiger partial charge in [0.15, 0.2) is 9.84 Å². The normalized spacial score (nSPS) is 30.9. The fourth-order valence-electron chi connectivity index (χ4n) is 3.66. The average Bonchev–Trinajstić information content (AvgIpc) is 2.87. The molecule has 1 heterocycles. The Labute approximate surface area is 121 Å². The van der Waals surface area contributed by atoms with Crippen molar-refractivity contribution in [2.24, 2.45) is 5.92 Å². The molecule has 0 saturated heterocycles. The Bertz CT molecular complexity index is 636. The first-order valence-electron chi connectivity index (χ1n) is 7.59. The summed E-state index contributed by atoms with van der Waals surface area (Å²) in [6, 6.07) is 4.27. The zero-order valence-electron chi connectivity index (χ0n) is 12.4. The van der Waals surface area contributed by atoms with Crippen molar-refractivity contribution in [2.75, 3.05) is 6.54 Å². The highest BCUT2D eigenvalue weighted by Crippen LogP contribution is 2.42. The number of sulfone groups is 1. The number of hydrogen-bond donors (Lipinski definition) is 1. The number of rotatable bonds is 2. The summed E-state index contributed by atoms with van der Waals surface area (Å²) < 4.78 is 25.5. The number of aryl methyl sites for hydroxylation is 2. The van der Waals surface area contributed by atoms with E-state index in [4.69, 9.17) is 0 Å². The monoisotopic (exact) mass is 293 g/mol. The number of benzene rings is 1. The van der Waals surface area contributed by atoms with Gasteiger partial charge in [0.05, 0.1) is 10.1 Å². The van der Waals surface area contributed by atoms with Gasteiger partial charge in [0, 0.05) is 6.04 Å². The van der Waals surface area contributed by atoms with Crippen LogP contribution in [0.1, 0.15) is 49.9 Å². The summed E-state index contributed by atoms with van der Waals surface area (Å²) in [6.45, 7) is 6.83. The summed E-state index contributed by atoms with van der Waals surface area (Å²) in [7, 11) is -3.18. The van der Waals surface area contributed by atoms with Gasteiger partial charge in [-0.3, -0.25) is 0 Å². The van der Waals surface area contributed by atoms with Gasteiger partial charge in [0.25, 0.3) is 0 Å². The molecule has 0 aromatic heterocycles. The molecule has 2 aliphatic rings. The highest BCUT2D eigenvalue weighted by Gasteiger charge is 2.42. The minimum atomic E-state index is -3.18. The Morgan fingerprint density at radius 2 is 1.85 bits per heavy atom. The highest BCUT2D eigenvalue weighted by atomic mass is 32.2. The van der Waals surface area contributed by atoms with Crippen LogP contribution in [0.5, 0.6) is 0 Å².